The highest BCUT2D eigenvalue weighted by Gasteiger charge is 2.14. The first-order valence-electron chi connectivity index (χ1n) is 5.99. The molecule has 1 aliphatic heterocycles. The van der Waals surface area contributed by atoms with Gasteiger partial charge in [-0.05, 0) is 6.07 Å². The van der Waals surface area contributed by atoms with Crippen LogP contribution in [0.15, 0.2) is 24.7 Å². The Morgan fingerprint density at radius 3 is 2.89 bits per heavy atom. The second-order valence-corrected chi connectivity index (χ2v) is 4.20. The van der Waals surface area contributed by atoms with E-state index in [1.54, 1.807) is 19.6 Å². The van der Waals surface area contributed by atoms with E-state index in [-0.39, 0.29) is 0 Å². The molecule has 0 spiro atoms. The quantitative estimate of drug-likeness (QED) is 0.802. The fraction of sp³-hybridized carbons (Fsp3) is 0.385. The van der Waals surface area contributed by atoms with Gasteiger partial charge in [-0.2, -0.15) is 0 Å². The zero-order chi connectivity index (χ0) is 12.4. The van der Waals surface area contributed by atoms with Gasteiger partial charge in [-0.15, -0.1) is 0 Å². The molecule has 0 atom stereocenters. The predicted molar refractivity (Wildman–Crippen MR) is 69.1 cm³/mol. The van der Waals surface area contributed by atoms with Crippen molar-refractivity contribution in [2.45, 2.75) is 0 Å². The van der Waals surface area contributed by atoms with Crippen molar-refractivity contribution in [2.24, 2.45) is 0 Å². The van der Waals surface area contributed by atoms with Crippen molar-refractivity contribution >= 4 is 16.6 Å². The summed E-state index contributed by atoms with van der Waals surface area (Å²) >= 11 is 0. The van der Waals surface area contributed by atoms with Crippen LogP contribution in [0.4, 0.5) is 5.69 Å². The van der Waals surface area contributed by atoms with Crippen LogP contribution in [0.3, 0.4) is 0 Å². The molecule has 1 aromatic heterocycles. The number of ether oxygens (including phenoxy) is 2. The van der Waals surface area contributed by atoms with Gasteiger partial charge in [0.25, 0.3) is 0 Å². The van der Waals surface area contributed by atoms with Crippen molar-refractivity contribution in [3.8, 4) is 5.75 Å². The van der Waals surface area contributed by atoms with Crippen molar-refractivity contribution in [1.82, 2.24) is 9.97 Å². The van der Waals surface area contributed by atoms with E-state index in [1.165, 1.54) is 0 Å². The second-order valence-electron chi connectivity index (χ2n) is 4.20. The van der Waals surface area contributed by atoms with Crippen molar-refractivity contribution in [2.75, 3.05) is 38.3 Å². The summed E-state index contributed by atoms with van der Waals surface area (Å²) in [6.07, 6.45) is 3.34. The minimum Gasteiger partial charge on any atom is -0.496 e. The molecule has 0 saturated carbocycles. The predicted octanol–water partition coefficient (Wildman–Crippen LogP) is 1.48. The van der Waals surface area contributed by atoms with Crippen LogP contribution in [0.25, 0.3) is 10.9 Å². The van der Waals surface area contributed by atoms with Gasteiger partial charge in [0, 0.05) is 31.0 Å². The Bertz CT molecular complexity index is 553. The molecule has 0 radical (unpaired) electrons. The highest BCUT2D eigenvalue weighted by Crippen LogP contribution is 2.30. The van der Waals surface area contributed by atoms with E-state index in [4.69, 9.17) is 9.47 Å². The molecule has 2 heterocycles. The Kier molecular flexibility index (Phi) is 2.98. The molecule has 0 unspecified atom stereocenters. The lowest BCUT2D eigenvalue weighted by Gasteiger charge is -2.29. The van der Waals surface area contributed by atoms with E-state index < -0.39 is 0 Å². The van der Waals surface area contributed by atoms with E-state index in [0.717, 1.165) is 48.6 Å². The van der Waals surface area contributed by atoms with Gasteiger partial charge in [-0.1, -0.05) is 0 Å². The molecule has 94 valence electrons. The topological polar surface area (TPSA) is 47.5 Å². The van der Waals surface area contributed by atoms with Crippen LogP contribution in [0.2, 0.25) is 0 Å². The highest BCUT2D eigenvalue weighted by molar-refractivity contribution is 5.88. The van der Waals surface area contributed by atoms with Crippen LogP contribution in [-0.4, -0.2) is 43.4 Å². The van der Waals surface area contributed by atoms with Crippen LogP contribution < -0.4 is 9.64 Å². The molecule has 3 rings (SSSR count). The molecule has 5 nitrogen and oxygen atoms in total. The lowest BCUT2D eigenvalue weighted by Crippen LogP contribution is -2.36. The van der Waals surface area contributed by atoms with Crippen molar-refractivity contribution in [3.63, 3.8) is 0 Å². The van der Waals surface area contributed by atoms with Gasteiger partial charge in [0.2, 0.25) is 0 Å². The van der Waals surface area contributed by atoms with E-state index >= 15 is 0 Å². The fourth-order valence-corrected chi connectivity index (χ4v) is 2.21. The number of methoxy groups -OCH3 is 1. The molecule has 1 aliphatic rings. The van der Waals surface area contributed by atoms with Gasteiger partial charge in [0.1, 0.15) is 12.1 Å². The summed E-state index contributed by atoms with van der Waals surface area (Å²) in [6.45, 7) is 3.34. The van der Waals surface area contributed by atoms with E-state index in [9.17, 15) is 0 Å². The van der Waals surface area contributed by atoms with Crippen molar-refractivity contribution in [3.05, 3.63) is 24.7 Å². The Labute approximate surface area is 105 Å². The van der Waals surface area contributed by atoms with Gasteiger partial charge >= 0.3 is 0 Å². The third kappa shape index (κ3) is 1.97. The average Bonchev–Trinajstić information content (AvgIpc) is 2.47. The number of hydrogen-bond acceptors (Lipinski definition) is 5. The van der Waals surface area contributed by atoms with E-state index in [2.05, 4.69) is 20.9 Å². The van der Waals surface area contributed by atoms with Crippen LogP contribution in [0.5, 0.6) is 5.75 Å². The van der Waals surface area contributed by atoms with Crippen molar-refractivity contribution in [1.29, 1.82) is 0 Å². The van der Waals surface area contributed by atoms with Gasteiger partial charge in [0.15, 0.2) is 0 Å². The number of rotatable bonds is 2. The summed E-state index contributed by atoms with van der Waals surface area (Å²) in [7, 11) is 1.67. The Hall–Kier alpha value is -1.88. The molecule has 1 saturated heterocycles. The first-order chi connectivity index (χ1) is 8.88. The summed E-state index contributed by atoms with van der Waals surface area (Å²) < 4.78 is 10.8. The first-order valence-corrected chi connectivity index (χ1v) is 5.99. The van der Waals surface area contributed by atoms with Gasteiger partial charge in [0.05, 0.1) is 31.2 Å². The average molecular weight is 245 g/mol. The third-order valence-electron chi connectivity index (χ3n) is 3.17. The zero-order valence-corrected chi connectivity index (χ0v) is 10.3. The first kappa shape index (κ1) is 11.2. The summed E-state index contributed by atoms with van der Waals surface area (Å²) in [5.41, 5.74) is 2.03. The summed E-state index contributed by atoms with van der Waals surface area (Å²) in [5.74, 6) is 0.814. The molecule has 1 aromatic carbocycles. The molecule has 0 amide bonds. The Balaban J connectivity index is 2.07. The maximum absolute atomic E-state index is 5.42. The smallest absolute Gasteiger partial charge is 0.131 e. The zero-order valence-electron chi connectivity index (χ0n) is 10.3. The van der Waals surface area contributed by atoms with Crippen LogP contribution in [0, 0.1) is 0 Å². The van der Waals surface area contributed by atoms with E-state index in [0.29, 0.717) is 0 Å². The molecule has 0 bridgehead atoms. The second kappa shape index (κ2) is 4.78. The molecule has 5 heteroatoms. The van der Waals surface area contributed by atoms with Crippen LogP contribution in [-0.2, 0) is 4.74 Å². The molecule has 0 N–H and O–H groups in total. The monoisotopic (exact) mass is 245 g/mol. The molecular formula is C13H15N3O2. The SMILES string of the molecule is COc1cc(N2CCOCC2)cc2ncncc12. The standard InChI is InChI=1S/C13H15N3O2/c1-17-13-7-10(16-2-4-18-5-3-16)6-12-11(13)8-14-9-15-12/h6-9H,2-5H2,1H3. The largest absolute Gasteiger partial charge is 0.496 e. The number of aromatic nitrogens is 2. The summed E-state index contributed by atoms with van der Waals surface area (Å²) in [6, 6.07) is 4.11. The number of morpholine rings is 1. The Morgan fingerprint density at radius 2 is 2.11 bits per heavy atom. The van der Waals surface area contributed by atoms with Gasteiger partial charge in [-0.3, -0.25) is 0 Å². The minimum atomic E-state index is 0.768. The number of anilines is 1. The van der Waals surface area contributed by atoms with Gasteiger partial charge < -0.3 is 14.4 Å². The molecule has 2 aromatic rings. The lowest BCUT2D eigenvalue weighted by molar-refractivity contribution is 0.122. The number of fused-ring (bicyclic) bond motifs is 1. The number of hydrogen-bond donors (Lipinski definition) is 0. The summed E-state index contributed by atoms with van der Waals surface area (Å²) in [4.78, 5) is 10.6. The third-order valence-corrected chi connectivity index (χ3v) is 3.17. The number of nitrogens with zero attached hydrogens (tertiary/aromatic N) is 3. The van der Waals surface area contributed by atoms with Crippen LogP contribution >= 0.6 is 0 Å². The molecular weight excluding hydrogens is 230 g/mol. The fourth-order valence-electron chi connectivity index (χ4n) is 2.21. The van der Waals surface area contributed by atoms with Crippen LogP contribution in [0.1, 0.15) is 0 Å². The Morgan fingerprint density at radius 1 is 1.28 bits per heavy atom. The maximum atomic E-state index is 5.42. The normalized spacial score (nSPS) is 15.9. The minimum absolute atomic E-state index is 0.768. The maximum Gasteiger partial charge on any atom is 0.131 e. The number of benzene rings is 1. The van der Waals surface area contributed by atoms with Gasteiger partial charge in [-0.25, -0.2) is 9.97 Å². The molecule has 18 heavy (non-hydrogen) atoms. The lowest BCUT2D eigenvalue weighted by atomic mass is 10.2. The summed E-state index contributed by atoms with van der Waals surface area (Å²) in [5, 5.41) is 0.942. The van der Waals surface area contributed by atoms with E-state index in [1.807, 2.05) is 6.07 Å². The molecule has 0 aliphatic carbocycles. The van der Waals surface area contributed by atoms with Crippen molar-refractivity contribution < 1.29 is 9.47 Å². The molecule has 1 fully saturated rings. The highest BCUT2D eigenvalue weighted by atomic mass is 16.5.